The highest BCUT2D eigenvalue weighted by molar-refractivity contribution is 5.79. The first-order valence-corrected chi connectivity index (χ1v) is 6.56. The average Bonchev–Trinajstić information content (AvgIpc) is 2.81. The maximum absolute atomic E-state index is 5.48. The highest BCUT2D eigenvalue weighted by Crippen LogP contribution is 2.36. The molecule has 1 aliphatic heterocycles. The molecular weight excluding hydrogens is 250 g/mol. The monoisotopic (exact) mass is 263 g/mol. The molecule has 0 atom stereocenters. The number of nitrogens with one attached hydrogen (secondary N) is 2. The van der Waals surface area contributed by atoms with Crippen LogP contribution in [0.3, 0.4) is 0 Å². The Labute approximate surface area is 116 Å². The maximum Gasteiger partial charge on any atom is 0.234 e. The number of fused-ring (bicyclic) bond motifs is 2. The fourth-order valence-electron chi connectivity index (χ4n) is 2.45. The lowest BCUT2D eigenvalue weighted by atomic mass is 10.1. The first-order valence-electron chi connectivity index (χ1n) is 6.56. The second kappa shape index (κ2) is 4.42. The van der Waals surface area contributed by atoms with Crippen LogP contribution in [0.1, 0.15) is 5.56 Å². The van der Waals surface area contributed by atoms with Crippen molar-refractivity contribution in [2.75, 3.05) is 10.6 Å². The Morgan fingerprint density at radius 1 is 0.900 bits per heavy atom. The van der Waals surface area contributed by atoms with E-state index < -0.39 is 0 Å². The third kappa shape index (κ3) is 1.73. The smallest absolute Gasteiger partial charge is 0.234 e. The summed E-state index contributed by atoms with van der Waals surface area (Å²) in [6.07, 6.45) is 0. The Balaban J connectivity index is 1.79. The lowest BCUT2D eigenvalue weighted by molar-refractivity contribution is 0.437. The maximum atomic E-state index is 5.48. The van der Waals surface area contributed by atoms with Crippen LogP contribution >= 0.6 is 0 Å². The Hall–Kier alpha value is -2.75. The minimum Gasteiger partial charge on any atom is -0.379 e. The van der Waals surface area contributed by atoms with Crippen LogP contribution < -0.4 is 10.6 Å². The Morgan fingerprint density at radius 2 is 1.65 bits per heavy atom. The molecule has 2 N–H and O–H groups in total. The van der Waals surface area contributed by atoms with E-state index in [0.717, 1.165) is 28.2 Å². The van der Waals surface area contributed by atoms with Crippen molar-refractivity contribution >= 4 is 17.3 Å². The molecule has 4 rings (SSSR count). The van der Waals surface area contributed by atoms with Gasteiger partial charge in [0.25, 0.3) is 0 Å². The molecule has 3 aromatic rings. The minimum atomic E-state index is 0.688. The van der Waals surface area contributed by atoms with Crippen LogP contribution in [0.5, 0.6) is 0 Å². The summed E-state index contributed by atoms with van der Waals surface area (Å²) in [5.74, 6) is 0.710. The van der Waals surface area contributed by atoms with E-state index in [9.17, 15) is 0 Å². The predicted octanol–water partition coefficient (Wildman–Crippen LogP) is 4.01. The van der Waals surface area contributed by atoms with Gasteiger partial charge in [-0.1, -0.05) is 47.6 Å². The van der Waals surface area contributed by atoms with Gasteiger partial charge in [0.1, 0.15) is 5.69 Å². The second-order valence-corrected chi connectivity index (χ2v) is 4.73. The zero-order chi connectivity index (χ0) is 13.4. The molecule has 0 bridgehead atoms. The normalized spacial score (nSPS) is 12.6. The number of anilines is 3. The SMILES string of the molecule is c1ccc(-c2noc3c2CNc2ccccc2N3)cc1. The van der Waals surface area contributed by atoms with Crippen LogP contribution in [-0.4, -0.2) is 5.16 Å². The van der Waals surface area contributed by atoms with Crippen LogP contribution in [0, 0.1) is 0 Å². The third-order valence-corrected chi connectivity index (χ3v) is 3.47. The summed E-state index contributed by atoms with van der Waals surface area (Å²) >= 11 is 0. The second-order valence-electron chi connectivity index (χ2n) is 4.73. The molecule has 20 heavy (non-hydrogen) atoms. The van der Waals surface area contributed by atoms with Crippen molar-refractivity contribution in [3.05, 3.63) is 60.2 Å². The molecule has 0 saturated heterocycles. The van der Waals surface area contributed by atoms with Gasteiger partial charge in [-0.2, -0.15) is 0 Å². The molecule has 1 aromatic heterocycles. The third-order valence-electron chi connectivity index (χ3n) is 3.47. The number of nitrogens with zero attached hydrogens (tertiary/aromatic N) is 1. The molecule has 0 aliphatic carbocycles. The highest BCUT2D eigenvalue weighted by Gasteiger charge is 2.21. The molecule has 0 radical (unpaired) electrons. The first-order chi connectivity index (χ1) is 9.92. The molecule has 2 aromatic carbocycles. The van der Waals surface area contributed by atoms with E-state index in [-0.39, 0.29) is 0 Å². The van der Waals surface area contributed by atoms with Crippen LogP contribution in [0.2, 0.25) is 0 Å². The zero-order valence-electron chi connectivity index (χ0n) is 10.8. The lowest BCUT2D eigenvalue weighted by Gasteiger charge is -2.06. The molecule has 2 heterocycles. The van der Waals surface area contributed by atoms with Gasteiger partial charge in [0, 0.05) is 12.1 Å². The van der Waals surface area contributed by atoms with E-state index in [0.29, 0.717) is 12.4 Å². The molecule has 0 spiro atoms. The van der Waals surface area contributed by atoms with Gasteiger partial charge in [-0.25, -0.2) is 0 Å². The van der Waals surface area contributed by atoms with Crippen molar-refractivity contribution in [1.29, 1.82) is 0 Å². The van der Waals surface area contributed by atoms with Crippen molar-refractivity contribution in [2.24, 2.45) is 0 Å². The molecule has 0 fully saturated rings. The van der Waals surface area contributed by atoms with E-state index >= 15 is 0 Å². The molecule has 1 aliphatic rings. The van der Waals surface area contributed by atoms with Gasteiger partial charge in [-0.05, 0) is 12.1 Å². The Morgan fingerprint density at radius 3 is 2.50 bits per heavy atom. The van der Waals surface area contributed by atoms with Gasteiger partial charge in [0.05, 0.1) is 16.9 Å². The number of benzene rings is 2. The van der Waals surface area contributed by atoms with E-state index in [1.165, 1.54) is 0 Å². The molecule has 98 valence electrons. The standard InChI is InChI=1S/C16H13N3O/c1-2-6-11(7-3-1)15-12-10-17-13-8-4-5-9-14(13)18-16(12)20-19-15/h1-9,17-18H,10H2. The van der Waals surface area contributed by atoms with Gasteiger partial charge >= 0.3 is 0 Å². The zero-order valence-corrected chi connectivity index (χ0v) is 10.8. The highest BCUT2D eigenvalue weighted by atomic mass is 16.5. The van der Waals surface area contributed by atoms with E-state index in [1.54, 1.807) is 0 Å². The number of hydrogen-bond acceptors (Lipinski definition) is 4. The molecule has 4 heteroatoms. The fraction of sp³-hybridized carbons (Fsp3) is 0.0625. The summed E-state index contributed by atoms with van der Waals surface area (Å²) in [7, 11) is 0. The average molecular weight is 263 g/mol. The molecule has 0 amide bonds. The van der Waals surface area contributed by atoms with Gasteiger partial charge in [-0.15, -0.1) is 0 Å². The van der Waals surface area contributed by atoms with Crippen molar-refractivity contribution in [2.45, 2.75) is 6.54 Å². The summed E-state index contributed by atoms with van der Waals surface area (Å²) in [6.45, 7) is 0.688. The molecule has 0 saturated carbocycles. The number of para-hydroxylation sites is 2. The Bertz CT molecular complexity index is 749. The number of rotatable bonds is 1. The van der Waals surface area contributed by atoms with Crippen LogP contribution in [0.25, 0.3) is 11.3 Å². The van der Waals surface area contributed by atoms with Gasteiger partial charge in [-0.3, -0.25) is 0 Å². The van der Waals surface area contributed by atoms with E-state index in [1.807, 2.05) is 54.6 Å². The van der Waals surface area contributed by atoms with Gasteiger partial charge in [0.15, 0.2) is 0 Å². The summed E-state index contributed by atoms with van der Waals surface area (Å²) in [5.41, 5.74) is 5.06. The predicted molar refractivity (Wildman–Crippen MR) is 79.0 cm³/mol. The largest absolute Gasteiger partial charge is 0.379 e. The molecule has 4 nitrogen and oxygen atoms in total. The number of aromatic nitrogens is 1. The summed E-state index contributed by atoms with van der Waals surface area (Å²) < 4.78 is 5.48. The summed E-state index contributed by atoms with van der Waals surface area (Å²) in [6, 6.07) is 18.1. The van der Waals surface area contributed by atoms with Gasteiger partial charge < -0.3 is 15.2 Å². The number of hydrogen-bond donors (Lipinski definition) is 2. The van der Waals surface area contributed by atoms with Crippen molar-refractivity contribution in [3.63, 3.8) is 0 Å². The molecular formula is C16H13N3O. The molecule has 0 unspecified atom stereocenters. The van der Waals surface area contributed by atoms with E-state index in [4.69, 9.17) is 4.52 Å². The van der Waals surface area contributed by atoms with Crippen molar-refractivity contribution in [1.82, 2.24) is 5.16 Å². The quantitative estimate of drug-likeness (QED) is 0.696. The van der Waals surface area contributed by atoms with Crippen molar-refractivity contribution < 1.29 is 4.52 Å². The first kappa shape index (κ1) is 11.1. The van der Waals surface area contributed by atoms with Crippen LogP contribution in [-0.2, 0) is 6.54 Å². The van der Waals surface area contributed by atoms with E-state index in [2.05, 4.69) is 15.8 Å². The minimum absolute atomic E-state index is 0.688. The van der Waals surface area contributed by atoms with Crippen LogP contribution in [0.4, 0.5) is 17.3 Å². The van der Waals surface area contributed by atoms with Crippen molar-refractivity contribution in [3.8, 4) is 11.3 Å². The van der Waals surface area contributed by atoms with Crippen LogP contribution in [0.15, 0.2) is 59.1 Å². The Kier molecular flexibility index (Phi) is 2.45. The fourth-order valence-corrected chi connectivity index (χ4v) is 2.45. The lowest BCUT2D eigenvalue weighted by Crippen LogP contribution is -1.98. The topological polar surface area (TPSA) is 50.1 Å². The summed E-state index contributed by atoms with van der Waals surface area (Å²) in [4.78, 5) is 0. The van der Waals surface area contributed by atoms with Gasteiger partial charge in [0.2, 0.25) is 5.88 Å². The summed E-state index contributed by atoms with van der Waals surface area (Å²) in [5, 5.41) is 10.9.